The van der Waals surface area contributed by atoms with Crippen LogP contribution in [0.3, 0.4) is 0 Å². The minimum Gasteiger partial charge on any atom is -0.372 e. The van der Waals surface area contributed by atoms with E-state index in [0.29, 0.717) is 37.5 Å². The number of hydrogen-bond donors (Lipinski definition) is 1. The van der Waals surface area contributed by atoms with E-state index in [1.54, 1.807) is 0 Å². The monoisotopic (exact) mass is 197 g/mol. The fraction of sp³-hybridized carbons (Fsp3) is 0.778. The van der Waals surface area contributed by atoms with Crippen LogP contribution in [0.25, 0.3) is 0 Å². The van der Waals surface area contributed by atoms with E-state index in [1.165, 1.54) is 12.8 Å². The first-order valence-electron chi connectivity index (χ1n) is 5.01. The Balaban J connectivity index is 1.76. The van der Waals surface area contributed by atoms with Gasteiger partial charge < -0.3 is 14.6 Å². The van der Waals surface area contributed by atoms with Gasteiger partial charge in [-0.1, -0.05) is 5.16 Å². The van der Waals surface area contributed by atoms with Gasteiger partial charge >= 0.3 is 0 Å². The van der Waals surface area contributed by atoms with Gasteiger partial charge in [0.25, 0.3) is 5.89 Å². The largest absolute Gasteiger partial charge is 0.372 e. The van der Waals surface area contributed by atoms with Crippen molar-refractivity contribution in [1.29, 1.82) is 0 Å². The summed E-state index contributed by atoms with van der Waals surface area (Å²) in [6, 6.07) is 0.670. The topological polar surface area (TPSA) is 60.2 Å². The average molecular weight is 197 g/mol. The van der Waals surface area contributed by atoms with Crippen molar-refractivity contribution in [2.45, 2.75) is 39.0 Å². The fourth-order valence-electron chi connectivity index (χ4n) is 1.13. The van der Waals surface area contributed by atoms with Crippen LogP contribution in [0, 0.1) is 0 Å². The Hall–Kier alpha value is -0.940. The first kappa shape index (κ1) is 9.61. The predicted octanol–water partition coefficient (Wildman–Crippen LogP) is 0.858. The van der Waals surface area contributed by atoms with Crippen LogP contribution in [0.5, 0.6) is 0 Å². The standard InChI is InChI=1S/C9H15N3O2/c1-2-13-6-9-11-8(12-14-9)5-10-7-3-4-7/h7,10H,2-6H2,1H3. The first-order valence-corrected chi connectivity index (χ1v) is 5.01. The molecule has 1 aromatic heterocycles. The van der Waals surface area contributed by atoms with Crippen molar-refractivity contribution in [3.8, 4) is 0 Å². The number of ether oxygens (including phenoxy) is 1. The first-order chi connectivity index (χ1) is 6.88. The maximum absolute atomic E-state index is 5.15. The Morgan fingerprint density at radius 1 is 1.57 bits per heavy atom. The summed E-state index contributed by atoms with van der Waals surface area (Å²) in [7, 11) is 0. The fourth-order valence-corrected chi connectivity index (χ4v) is 1.13. The number of nitrogens with one attached hydrogen (secondary N) is 1. The van der Waals surface area contributed by atoms with E-state index in [2.05, 4.69) is 15.5 Å². The zero-order valence-corrected chi connectivity index (χ0v) is 8.32. The number of nitrogens with zero attached hydrogens (tertiary/aromatic N) is 2. The molecule has 2 rings (SSSR count). The second-order valence-electron chi connectivity index (χ2n) is 3.40. The summed E-state index contributed by atoms with van der Waals surface area (Å²) in [6.45, 7) is 3.71. The molecule has 1 heterocycles. The molecule has 1 aliphatic rings. The van der Waals surface area contributed by atoms with Crippen LogP contribution in [-0.2, 0) is 17.9 Å². The van der Waals surface area contributed by atoms with Crippen molar-refractivity contribution < 1.29 is 9.26 Å². The summed E-state index contributed by atoms with van der Waals surface area (Å²) in [4.78, 5) is 4.18. The number of aromatic nitrogens is 2. The molecule has 0 amide bonds. The van der Waals surface area contributed by atoms with Crippen molar-refractivity contribution >= 4 is 0 Å². The summed E-state index contributed by atoms with van der Waals surface area (Å²) in [5.41, 5.74) is 0. The molecule has 78 valence electrons. The van der Waals surface area contributed by atoms with E-state index in [0.717, 1.165) is 0 Å². The molecule has 1 aromatic rings. The molecule has 0 aromatic carbocycles. The Morgan fingerprint density at radius 3 is 3.14 bits per heavy atom. The van der Waals surface area contributed by atoms with Crippen LogP contribution >= 0.6 is 0 Å². The summed E-state index contributed by atoms with van der Waals surface area (Å²) in [5.74, 6) is 1.27. The van der Waals surface area contributed by atoms with Crippen molar-refractivity contribution in [2.24, 2.45) is 0 Å². The minimum atomic E-state index is 0.410. The quantitative estimate of drug-likeness (QED) is 0.732. The van der Waals surface area contributed by atoms with Crippen molar-refractivity contribution in [2.75, 3.05) is 6.61 Å². The normalized spacial score (nSPS) is 16.1. The average Bonchev–Trinajstić information content (AvgIpc) is 2.92. The molecule has 1 aliphatic carbocycles. The molecule has 0 bridgehead atoms. The molecule has 0 unspecified atom stereocenters. The van der Waals surface area contributed by atoms with Crippen molar-refractivity contribution in [3.05, 3.63) is 11.7 Å². The van der Waals surface area contributed by atoms with E-state index in [-0.39, 0.29) is 0 Å². The van der Waals surface area contributed by atoms with Gasteiger partial charge in [-0.2, -0.15) is 4.98 Å². The summed E-state index contributed by atoms with van der Waals surface area (Å²) in [6.07, 6.45) is 2.54. The van der Waals surface area contributed by atoms with Crippen LogP contribution < -0.4 is 5.32 Å². The Kier molecular flexibility index (Phi) is 3.10. The summed E-state index contributed by atoms with van der Waals surface area (Å²) < 4.78 is 10.1. The molecular weight excluding hydrogens is 182 g/mol. The molecule has 1 fully saturated rings. The van der Waals surface area contributed by atoms with E-state index < -0.39 is 0 Å². The van der Waals surface area contributed by atoms with Gasteiger partial charge in [0, 0.05) is 12.6 Å². The molecule has 0 atom stereocenters. The lowest BCUT2D eigenvalue weighted by molar-refractivity contribution is 0.109. The SMILES string of the molecule is CCOCc1nc(CNC2CC2)no1. The zero-order chi connectivity index (χ0) is 9.80. The van der Waals surface area contributed by atoms with E-state index in [4.69, 9.17) is 9.26 Å². The third-order valence-corrected chi connectivity index (χ3v) is 2.07. The summed E-state index contributed by atoms with van der Waals surface area (Å²) in [5, 5.41) is 7.16. The smallest absolute Gasteiger partial charge is 0.252 e. The van der Waals surface area contributed by atoms with Crippen LogP contribution in [-0.4, -0.2) is 22.8 Å². The van der Waals surface area contributed by atoms with Crippen LogP contribution in [0.1, 0.15) is 31.5 Å². The lowest BCUT2D eigenvalue weighted by Gasteiger charge is -1.95. The molecule has 1 saturated carbocycles. The second-order valence-corrected chi connectivity index (χ2v) is 3.40. The Labute approximate surface area is 82.8 Å². The maximum atomic E-state index is 5.15. The van der Waals surface area contributed by atoms with Crippen LogP contribution in [0.2, 0.25) is 0 Å². The van der Waals surface area contributed by atoms with Crippen LogP contribution in [0.4, 0.5) is 0 Å². The van der Waals surface area contributed by atoms with Gasteiger partial charge in [0.05, 0.1) is 6.54 Å². The highest BCUT2D eigenvalue weighted by molar-refractivity contribution is 4.88. The van der Waals surface area contributed by atoms with E-state index in [1.807, 2.05) is 6.92 Å². The number of rotatable bonds is 6. The van der Waals surface area contributed by atoms with Gasteiger partial charge in [0.1, 0.15) is 6.61 Å². The van der Waals surface area contributed by atoms with Crippen molar-refractivity contribution in [3.63, 3.8) is 0 Å². The van der Waals surface area contributed by atoms with Gasteiger partial charge in [0.15, 0.2) is 5.82 Å². The van der Waals surface area contributed by atoms with Gasteiger partial charge in [0.2, 0.25) is 0 Å². The van der Waals surface area contributed by atoms with Gasteiger partial charge in [-0.3, -0.25) is 0 Å². The molecule has 0 aliphatic heterocycles. The maximum Gasteiger partial charge on any atom is 0.252 e. The molecule has 5 heteroatoms. The zero-order valence-electron chi connectivity index (χ0n) is 8.32. The van der Waals surface area contributed by atoms with Gasteiger partial charge in [-0.25, -0.2) is 0 Å². The van der Waals surface area contributed by atoms with Gasteiger partial charge in [-0.15, -0.1) is 0 Å². The van der Waals surface area contributed by atoms with E-state index >= 15 is 0 Å². The highest BCUT2D eigenvalue weighted by Gasteiger charge is 2.20. The lowest BCUT2D eigenvalue weighted by atomic mass is 10.5. The Morgan fingerprint density at radius 2 is 2.43 bits per heavy atom. The van der Waals surface area contributed by atoms with Crippen molar-refractivity contribution in [1.82, 2.24) is 15.5 Å². The molecule has 0 spiro atoms. The minimum absolute atomic E-state index is 0.410. The van der Waals surface area contributed by atoms with Gasteiger partial charge in [-0.05, 0) is 19.8 Å². The molecule has 0 saturated heterocycles. The predicted molar refractivity (Wildman–Crippen MR) is 49.5 cm³/mol. The van der Waals surface area contributed by atoms with E-state index in [9.17, 15) is 0 Å². The second kappa shape index (κ2) is 4.52. The Bertz CT molecular complexity index is 283. The highest BCUT2D eigenvalue weighted by atomic mass is 16.5. The lowest BCUT2D eigenvalue weighted by Crippen LogP contribution is -2.16. The molecule has 1 N–H and O–H groups in total. The number of hydrogen-bond acceptors (Lipinski definition) is 5. The molecular formula is C9H15N3O2. The van der Waals surface area contributed by atoms with Crippen LogP contribution in [0.15, 0.2) is 4.52 Å². The molecule has 5 nitrogen and oxygen atoms in total. The summed E-state index contributed by atoms with van der Waals surface area (Å²) >= 11 is 0. The third-order valence-electron chi connectivity index (χ3n) is 2.07. The third kappa shape index (κ3) is 2.78. The molecule has 0 radical (unpaired) electrons. The highest BCUT2D eigenvalue weighted by Crippen LogP contribution is 2.18. The molecule has 14 heavy (non-hydrogen) atoms.